The van der Waals surface area contributed by atoms with Crippen LogP contribution in [0.1, 0.15) is 34.5 Å². The molecule has 2 N–H and O–H groups in total. The van der Waals surface area contributed by atoms with Crippen molar-refractivity contribution in [1.29, 1.82) is 0 Å². The number of carbonyl (C=O) groups excluding carboxylic acids is 1. The molecule has 1 aliphatic rings. The first-order valence-corrected chi connectivity index (χ1v) is 9.31. The smallest absolute Gasteiger partial charge is 0.256 e. The third-order valence-electron chi connectivity index (χ3n) is 4.68. The van der Waals surface area contributed by atoms with E-state index in [0.717, 1.165) is 30.5 Å². The van der Waals surface area contributed by atoms with Gasteiger partial charge in [0.1, 0.15) is 0 Å². The van der Waals surface area contributed by atoms with Crippen molar-refractivity contribution in [3.05, 3.63) is 69.3 Å². The zero-order valence-corrected chi connectivity index (χ0v) is 15.5. The van der Waals surface area contributed by atoms with E-state index in [1.807, 2.05) is 18.2 Å². The SMILES string of the molecule is O=C(Nc1cccc(Cl)c1Cl)c1ccccc1-c1n[nH]c2c1CCCC2. The van der Waals surface area contributed by atoms with Gasteiger partial charge in [0.15, 0.2) is 0 Å². The number of hydrogen-bond donors (Lipinski definition) is 2. The van der Waals surface area contributed by atoms with Gasteiger partial charge in [0.2, 0.25) is 0 Å². The van der Waals surface area contributed by atoms with E-state index in [1.165, 1.54) is 17.7 Å². The van der Waals surface area contributed by atoms with Crippen LogP contribution in [0.3, 0.4) is 0 Å². The largest absolute Gasteiger partial charge is 0.321 e. The first-order valence-electron chi connectivity index (χ1n) is 8.56. The van der Waals surface area contributed by atoms with Crippen molar-refractivity contribution in [2.45, 2.75) is 25.7 Å². The number of H-pyrrole nitrogens is 1. The van der Waals surface area contributed by atoms with E-state index < -0.39 is 0 Å². The molecule has 0 spiro atoms. The Hall–Kier alpha value is -2.30. The minimum absolute atomic E-state index is 0.239. The predicted octanol–water partition coefficient (Wildman–Crippen LogP) is 5.51. The molecule has 0 unspecified atom stereocenters. The van der Waals surface area contributed by atoms with Crippen molar-refractivity contribution in [2.24, 2.45) is 0 Å². The fourth-order valence-electron chi connectivity index (χ4n) is 3.38. The van der Waals surface area contributed by atoms with Crippen LogP contribution in [0.15, 0.2) is 42.5 Å². The summed E-state index contributed by atoms with van der Waals surface area (Å²) in [5.41, 5.74) is 5.13. The fraction of sp³-hybridized carbons (Fsp3) is 0.200. The number of carbonyl (C=O) groups is 1. The molecule has 1 heterocycles. The molecule has 1 aliphatic carbocycles. The highest BCUT2D eigenvalue weighted by Gasteiger charge is 2.22. The monoisotopic (exact) mass is 385 g/mol. The van der Waals surface area contributed by atoms with E-state index in [1.54, 1.807) is 24.3 Å². The van der Waals surface area contributed by atoms with Crippen molar-refractivity contribution >= 4 is 34.8 Å². The highest BCUT2D eigenvalue weighted by atomic mass is 35.5. The van der Waals surface area contributed by atoms with Gasteiger partial charge in [0, 0.05) is 22.4 Å². The Balaban J connectivity index is 1.71. The van der Waals surface area contributed by atoms with Crippen LogP contribution in [0.4, 0.5) is 5.69 Å². The molecular formula is C20H17Cl2N3O. The number of anilines is 1. The van der Waals surface area contributed by atoms with Crippen LogP contribution >= 0.6 is 23.2 Å². The molecule has 6 heteroatoms. The summed E-state index contributed by atoms with van der Waals surface area (Å²) in [4.78, 5) is 12.9. The van der Waals surface area contributed by atoms with E-state index in [2.05, 4.69) is 15.5 Å². The molecule has 2 aromatic carbocycles. The van der Waals surface area contributed by atoms with E-state index in [-0.39, 0.29) is 5.91 Å². The molecule has 3 aromatic rings. The second-order valence-corrected chi connectivity index (χ2v) is 7.12. The third-order valence-corrected chi connectivity index (χ3v) is 5.50. The van der Waals surface area contributed by atoms with E-state index in [4.69, 9.17) is 23.2 Å². The molecule has 1 amide bonds. The van der Waals surface area contributed by atoms with Crippen molar-refractivity contribution in [3.63, 3.8) is 0 Å². The summed E-state index contributed by atoms with van der Waals surface area (Å²) in [5, 5.41) is 11.2. The van der Waals surface area contributed by atoms with Gasteiger partial charge in [-0.25, -0.2) is 0 Å². The third kappa shape index (κ3) is 3.11. The van der Waals surface area contributed by atoms with Gasteiger partial charge in [0.25, 0.3) is 5.91 Å². The summed E-state index contributed by atoms with van der Waals surface area (Å²) in [6.45, 7) is 0. The van der Waals surface area contributed by atoms with Crippen LogP contribution < -0.4 is 5.32 Å². The van der Waals surface area contributed by atoms with Gasteiger partial charge in [0.05, 0.1) is 21.4 Å². The number of nitrogens with one attached hydrogen (secondary N) is 2. The lowest BCUT2D eigenvalue weighted by Gasteiger charge is -2.14. The standard InChI is InChI=1S/C20H17Cl2N3O/c21-15-9-5-11-17(18(15)22)23-20(26)13-7-2-1-6-12(13)19-14-8-3-4-10-16(14)24-25-19/h1-2,5-7,9,11H,3-4,8,10H2,(H,23,26)(H,24,25). The Morgan fingerprint density at radius 3 is 2.73 bits per heavy atom. The summed E-state index contributed by atoms with van der Waals surface area (Å²) in [5.74, 6) is -0.239. The van der Waals surface area contributed by atoms with Crippen LogP contribution in [-0.4, -0.2) is 16.1 Å². The number of aryl methyl sites for hydroxylation is 1. The number of halogens is 2. The lowest BCUT2D eigenvalue weighted by atomic mass is 9.92. The molecule has 4 rings (SSSR count). The molecular weight excluding hydrogens is 369 g/mol. The summed E-state index contributed by atoms with van der Waals surface area (Å²) in [6, 6.07) is 12.7. The number of benzene rings is 2. The Morgan fingerprint density at radius 2 is 1.85 bits per heavy atom. The Morgan fingerprint density at radius 1 is 1.04 bits per heavy atom. The molecule has 0 bridgehead atoms. The van der Waals surface area contributed by atoms with E-state index in [0.29, 0.717) is 21.3 Å². The second-order valence-electron chi connectivity index (χ2n) is 6.34. The topological polar surface area (TPSA) is 57.8 Å². The average molecular weight is 386 g/mol. The summed E-state index contributed by atoms with van der Waals surface area (Å²) < 4.78 is 0. The van der Waals surface area contributed by atoms with E-state index >= 15 is 0 Å². The molecule has 0 saturated heterocycles. The van der Waals surface area contributed by atoms with Crippen molar-refractivity contribution < 1.29 is 4.79 Å². The maximum atomic E-state index is 12.9. The second kappa shape index (κ2) is 7.14. The highest BCUT2D eigenvalue weighted by molar-refractivity contribution is 6.44. The molecule has 26 heavy (non-hydrogen) atoms. The lowest BCUT2D eigenvalue weighted by molar-refractivity contribution is 0.102. The first-order chi connectivity index (χ1) is 12.6. The summed E-state index contributed by atoms with van der Waals surface area (Å²) in [6.07, 6.45) is 4.31. The van der Waals surface area contributed by atoms with Crippen LogP contribution in [0.2, 0.25) is 10.0 Å². The Kier molecular flexibility index (Phi) is 4.70. The van der Waals surface area contributed by atoms with Gasteiger partial charge in [-0.2, -0.15) is 5.10 Å². The van der Waals surface area contributed by atoms with Crippen molar-refractivity contribution in [2.75, 3.05) is 5.32 Å². The van der Waals surface area contributed by atoms with Crippen LogP contribution in [-0.2, 0) is 12.8 Å². The van der Waals surface area contributed by atoms with Crippen LogP contribution in [0.25, 0.3) is 11.3 Å². The molecule has 0 atom stereocenters. The minimum Gasteiger partial charge on any atom is -0.321 e. The van der Waals surface area contributed by atoms with Gasteiger partial charge in [-0.15, -0.1) is 0 Å². The number of hydrogen-bond acceptors (Lipinski definition) is 2. The van der Waals surface area contributed by atoms with Crippen LogP contribution in [0, 0.1) is 0 Å². The zero-order chi connectivity index (χ0) is 18.1. The van der Waals surface area contributed by atoms with Gasteiger partial charge in [-0.1, -0.05) is 47.5 Å². The molecule has 0 fully saturated rings. The van der Waals surface area contributed by atoms with Crippen molar-refractivity contribution in [3.8, 4) is 11.3 Å². The number of nitrogens with zero attached hydrogens (tertiary/aromatic N) is 1. The molecule has 4 nitrogen and oxygen atoms in total. The number of amides is 1. The van der Waals surface area contributed by atoms with Gasteiger partial charge in [-0.3, -0.25) is 9.89 Å². The van der Waals surface area contributed by atoms with Crippen molar-refractivity contribution in [1.82, 2.24) is 10.2 Å². The molecule has 0 radical (unpaired) electrons. The quantitative estimate of drug-likeness (QED) is 0.623. The summed E-state index contributed by atoms with van der Waals surface area (Å²) in [7, 11) is 0. The van der Waals surface area contributed by atoms with E-state index in [9.17, 15) is 4.79 Å². The summed E-state index contributed by atoms with van der Waals surface area (Å²) >= 11 is 12.2. The first kappa shape index (κ1) is 17.1. The molecule has 132 valence electrons. The minimum atomic E-state index is -0.239. The average Bonchev–Trinajstić information content (AvgIpc) is 3.09. The van der Waals surface area contributed by atoms with Gasteiger partial charge >= 0.3 is 0 Å². The molecule has 0 saturated carbocycles. The van der Waals surface area contributed by atoms with Gasteiger partial charge in [-0.05, 0) is 43.9 Å². The maximum absolute atomic E-state index is 12.9. The van der Waals surface area contributed by atoms with Crippen LogP contribution in [0.5, 0.6) is 0 Å². The van der Waals surface area contributed by atoms with Gasteiger partial charge < -0.3 is 5.32 Å². The Bertz CT molecular complexity index is 981. The predicted molar refractivity (Wildman–Crippen MR) is 105 cm³/mol. The maximum Gasteiger partial charge on any atom is 0.256 e. The molecule has 1 aromatic heterocycles. The Labute approximate surface area is 161 Å². The highest BCUT2D eigenvalue weighted by Crippen LogP contribution is 2.33. The number of aromatic amines is 1. The number of fused-ring (bicyclic) bond motifs is 1. The normalized spacial score (nSPS) is 13.3. The molecule has 0 aliphatic heterocycles. The fourth-order valence-corrected chi connectivity index (χ4v) is 3.73. The number of rotatable bonds is 3. The lowest BCUT2D eigenvalue weighted by Crippen LogP contribution is -2.14. The zero-order valence-electron chi connectivity index (χ0n) is 14.0. The number of aromatic nitrogens is 2.